The molecule has 1 amide bonds. The van der Waals surface area contributed by atoms with Crippen molar-refractivity contribution in [1.29, 1.82) is 0 Å². The van der Waals surface area contributed by atoms with Crippen LogP contribution in [0.15, 0.2) is 0 Å². The molecule has 0 saturated heterocycles. The fourth-order valence-corrected chi connectivity index (χ4v) is 3.57. The minimum Gasteiger partial charge on any atom is -0.368 e. The topological polar surface area (TPSA) is 92.5 Å². The second kappa shape index (κ2) is 7.56. The van der Waals surface area contributed by atoms with Crippen LogP contribution >= 0.6 is 0 Å². The van der Waals surface area contributed by atoms with Gasteiger partial charge in [0.05, 0.1) is 11.3 Å². The van der Waals surface area contributed by atoms with Crippen molar-refractivity contribution in [2.45, 2.75) is 50.6 Å². The Hall–Kier alpha value is -0.660. The first-order valence-electron chi connectivity index (χ1n) is 7.63. The van der Waals surface area contributed by atoms with Crippen molar-refractivity contribution in [3.8, 4) is 0 Å². The Bertz CT molecular complexity index is 452. The van der Waals surface area contributed by atoms with Crippen molar-refractivity contribution < 1.29 is 13.2 Å². The van der Waals surface area contributed by atoms with Crippen LogP contribution in [0.1, 0.15) is 39.0 Å². The van der Waals surface area contributed by atoms with Crippen LogP contribution in [0.4, 0.5) is 0 Å². The zero-order chi connectivity index (χ0) is 16.1. The van der Waals surface area contributed by atoms with Crippen LogP contribution in [0.2, 0.25) is 0 Å². The smallest absolute Gasteiger partial charge is 0.237 e. The third-order valence-corrected chi connectivity index (χ3v) is 5.27. The molecule has 0 aliphatic heterocycles. The average Bonchev–Trinajstić information content (AvgIpc) is 2.41. The van der Waals surface area contributed by atoms with Crippen molar-refractivity contribution in [3.05, 3.63) is 0 Å². The van der Waals surface area contributed by atoms with Crippen LogP contribution in [-0.4, -0.2) is 63.0 Å². The van der Waals surface area contributed by atoms with E-state index in [1.165, 1.54) is 6.26 Å². The van der Waals surface area contributed by atoms with E-state index < -0.39 is 15.4 Å². The molecule has 1 aliphatic rings. The van der Waals surface area contributed by atoms with E-state index >= 15 is 0 Å². The molecule has 0 aromatic carbocycles. The number of primary amides is 1. The van der Waals surface area contributed by atoms with Crippen LogP contribution in [0.3, 0.4) is 0 Å². The molecular formula is C14H29N3O3S. The first-order valence-corrected chi connectivity index (χ1v) is 9.69. The molecule has 2 unspecified atom stereocenters. The van der Waals surface area contributed by atoms with Gasteiger partial charge in [0.2, 0.25) is 5.91 Å². The van der Waals surface area contributed by atoms with E-state index in [1.54, 1.807) is 0 Å². The van der Waals surface area contributed by atoms with Crippen LogP contribution in [-0.2, 0) is 14.6 Å². The zero-order valence-electron chi connectivity index (χ0n) is 13.4. The summed E-state index contributed by atoms with van der Waals surface area (Å²) >= 11 is 0. The van der Waals surface area contributed by atoms with Gasteiger partial charge in [0.1, 0.15) is 9.84 Å². The van der Waals surface area contributed by atoms with Gasteiger partial charge in [0, 0.05) is 18.8 Å². The van der Waals surface area contributed by atoms with E-state index in [1.807, 2.05) is 11.9 Å². The Kier molecular flexibility index (Phi) is 6.62. The predicted octanol–water partition coefficient (Wildman–Crippen LogP) is 0.129. The molecule has 0 aromatic rings. The highest BCUT2D eigenvalue weighted by molar-refractivity contribution is 7.90. The normalized spacial score (nSPS) is 27.0. The van der Waals surface area contributed by atoms with Crippen molar-refractivity contribution in [2.24, 2.45) is 5.73 Å². The Morgan fingerprint density at radius 2 is 2.14 bits per heavy atom. The highest BCUT2D eigenvalue weighted by atomic mass is 32.2. The van der Waals surface area contributed by atoms with Crippen LogP contribution < -0.4 is 11.1 Å². The maximum atomic E-state index is 11.9. The van der Waals surface area contributed by atoms with Gasteiger partial charge in [-0.1, -0.05) is 6.92 Å². The lowest BCUT2D eigenvalue weighted by Crippen LogP contribution is -2.60. The standard InChI is InChI=1S/C14H29N3O3S/c1-4-8-16-14(13(15)18)7-5-6-12(11-14)17(2)9-10-21(3,19)20/h12,16H,4-11H2,1-3H3,(H2,15,18). The molecule has 3 N–H and O–H groups in total. The van der Waals surface area contributed by atoms with E-state index in [-0.39, 0.29) is 17.7 Å². The van der Waals surface area contributed by atoms with Gasteiger partial charge in [-0.3, -0.25) is 4.79 Å². The number of nitrogens with one attached hydrogen (secondary N) is 1. The monoisotopic (exact) mass is 319 g/mol. The summed E-state index contributed by atoms with van der Waals surface area (Å²) in [6, 6.07) is 0.192. The number of sulfone groups is 1. The van der Waals surface area contributed by atoms with Gasteiger partial charge in [0.25, 0.3) is 0 Å². The second-order valence-corrected chi connectivity index (χ2v) is 8.49. The van der Waals surface area contributed by atoms with Gasteiger partial charge in [0.15, 0.2) is 0 Å². The quantitative estimate of drug-likeness (QED) is 0.663. The minimum atomic E-state index is -2.97. The van der Waals surface area contributed by atoms with Gasteiger partial charge in [-0.05, 0) is 45.7 Å². The predicted molar refractivity (Wildman–Crippen MR) is 84.8 cm³/mol. The second-order valence-electron chi connectivity index (χ2n) is 6.23. The summed E-state index contributed by atoms with van der Waals surface area (Å²) in [7, 11) is -1.04. The molecule has 0 bridgehead atoms. The molecule has 0 spiro atoms. The van der Waals surface area contributed by atoms with E-state index in [4.69, 9.17) is 5.73 Å². The number of hydrogen-bond donors (Lipinski definition) is 2. The number of carbonyl (C=O) groups excluding carboxylic acids is 1. The number of nitrogens with two attached hydrogens (primary N) is 1. The van der Waals surface area contributed by atoms with Gasteiger partial charge in [-0.15, -0.1) is 0 Å². The molecule has 6 nitrogen and oxygen atoms in total. The lowest BCUT2D eigenvalue weighted by atomic mass is 9.77. The summed E-state index contributed by atoms with van der Waals surface area (Å²) in [5, 5.41) is 3.32. The first kappa shape index (κ1) is 18.4. The molecule has 1 fully saturated rings. The largest absolute Gasteiger partial charge is 0.368 e. The average molecular weight is 319 g/mol. The summed E-state index contributed by atoms with van der Waals surface area (Å²) < 4.78 is 22.6. The molecule has 1 aliphatic carbocycles. The Morgan fingerprint density at radius 3 is 2.67 bits per heavy atom. The minimum absolute atomic E-state index is 0.145. The first-order chi connectivity index (χ1) is 9.70. The van der Waals surface area contributed by atoms with Crippen molar-refractivity contribution in [2.75, 3.05) is 32.1 Å². The molecule has 124 valence electrons. The Balaban J connectivity index is 2.70. The number of amides is 1. The third-order valence-electron chi connectivity index (χ3n) is 4.35. The summed E-state index contributed by atoms with van der Waals surface area (Å²) in [5.74, 6) is -0.149. The maximum Gasteiger partial charge on any atom is 0.237 e. The molecule has 7 heteroatoms. The van der Waals surface area contributed by atoms with E-state index in [9.17, 15) is 13.2 Å². The summed E-state index contributed by atoms with van der Waals surface area (Å²) in [4.78, 5) is 14.0. The summed E-state index contributed by atoms with van der Waals surface area (Å²) in [5.41, 5.74) is 4.99. The molecule has 1 saturated carbocycles. The van der Waals surface area contributed by atoms with Gasteiger partial charge in [-0.25, -0.2) is 8.42 Å². The lowest BCUT2D eigenvalue weighted by Gasteiger charge is -2.42. The van der Waals surface area contributed by atoms with Gasteiger partial charge in [-0.2, -0.15) is 0 Å². The highest BCUT2D eigenvalue weighted by Crippen LogP contribution is 2.30. The number of carbonyl (C=O) groups is 1. The SMILES string of the molecule is CCCNC1(C(N)=O)CCCC(N(C)CCS(C)(=O)=O)C1. The summed E-state index contributed by atoms with van der Waals surface area (Å²) in [6.07, 6.45) is 5.51. The Morgan fingerprint density at radius 1 is 1.48 bits per heavy atom. The molecule has 2 atom stereocenters. The van der Waals surface area contributed by atoms with E-state index in [0.29, 0.717) is 13.0 Å². The van der Waals surface area contributed by atoms with Crippen LogP contribution in [0, 0.1) is 0 Å². The van der Waals surface area contributed by atoms with Crippen molar-refractivity contribution in [3.63, 3.8) is 0 Å². The maximum absolute atomic E-state index is 11.9. The summed E-state index contributed by atoms with van der Waals surface area (Å²) in [6.45, 7) is 3.31. The highest BCUT2D eigenvalue weighted by Gasteiger charge is 2.41. The number of nitrogens with zero attached hydrogens (tertiary/aromatic N) is 1. The molecule has 0 aromatic heterocycles. The molecule has 0 heterocycles. The fourth-order valence-electron chi connectivity index (χ4n) is 2.95. The molecule has 1 rings (SSSR count). The van der Waals surface area contributed by atoms with Crippen molar-refractivity contribution in [1.82, 2.24) is 10.2 Å². The van der Waals surface area contributed by atoms with Crippen LogP contribution in [0.5, 0.6) is 0 Å². The Labute approximate surface area is 128 Å². The molecular weight excluding hydrogens is 290 g/mol. The number of hydrogen-bond acceptors (Lipinski definition) is 5. The lowest BCUT2D eigenvalue weighted by molar-refractivity contribution is -0.126. The molecule has 21 heavy (non-hydrogen) atoms. The van der Waals surface area contributed by atoms with E-state index in [2.05, 4.69) is 12.2 Å². The fraction of sp³-hybridized carbons (Fsp3) is 0.929. The van der Waals surface area contributed by atoms with E-state index in [0.717, 1.165) is 32.2 Å². The molecule has 0 radical (unpaired) electrons. The third kappa shape index (κ3) is 5.56. The van der Waals surface area contributed by atoms with Crippen molar-refractivity contribution >= 4 is 15.7 Å². The number of rotatable bonds is 8. The van der Waals surface area contributed by atoms with Crippen LogP contribution in [0.25, 0.3) is 0 Å². The zero-order valence-corrected chi connectivity index (χ0v) is 14.2. The van der Waals surface area contributed by atoms with Gasteiger partial charge < -0.3 is 16.0 Å². The van der Waals surface area contributed by atoms with Gasteiger partial charge >= 0.3 is 0 Å².